The monoisotopic (exact) mass is 1630 g/mol. The summed E-state index contributed by atoms with van der Waals surface area (Å²) in [6.07, 6.45) is 1.98. The van der Waals surface area contributed by atoms with Crippen LogP contribution in [0.1, 0.15) is 0 Å². The lowest BCUT2D eigenvalue weighted by atomic mass is 9.94. The van der Waals surface area contributed by atoms with Crippen LogP contribution in [-0.4, -0.2) is 43.2 Å². The SMILES string of the molecule is c1ccc(-n2c3ccccc3c3cc(-c4ccc5nc(-c6ccc7c(c6)c6ccccc6n7-c6ccccc6)cc(-c6ccc(-c7ccc8ccccc8n7)cc6)c5c4)ccc32)cc1.c1ccc(-n2c3ccccc3c3cc(-c4ccc5nc(-c6ccc7c(c6)c6ccccc6n7-c6ccccc6)cc(-c6ccc(-c7ccc8ccccc8n7)nc6)c5c4)ccc32)cc1. The van der Waals surface area contributed by atoms with E-state index in [4.69, 9.17) is 24.9 Å². The van der Waals surface area contributed by atoms with Gasteiger partial charge in [-0.05, 0) is 227 Å². The predicted octanol–water partition coefficient (Wildman–Crippen LogP) is 30.7. The maximum absolute atomic E-state index is 5.42. The molecule has 17 aromatic carbocycles. The second-order valence-electron chi connectivity index (χ2n) is 33.0. The molecule has 0 saturated heterocycles. The Bertz CT molecular complexity index is 8400. The summed E-state index contributed by atoms with van der Waals surface area (Å²) in [6, 6.07) is 160. The molecule has 0 spiro atoms. The third-order valence-electron chi connectivity index (χ3n) is 25.6. The van der Waals surface area contributed by atoms with Gasteiger partial charge in [0.15, 0.2) is 0 Å². The largest absolute Gasteiger partial charge is 0.309 e. The quantitative estimate of drug-likeness (QED) is 0.122. The van der Waals surface area contributed by atoms with Gasteiger partial charge in [0.1, 0.15) is 0 Å². The third kappa shape index (κ3) is 12.6. The lowest BCUT2D eigenvalue weighted by molar-refractivity contribution is 1.18. The average Bonchev–Trinajstić information content (AvgIpc) is 1.61. The first-order valence-electron chi connectivity index (χ1n) is 43.5. The summed E-state index contributed by atoms with van der Waals surface area (Å²) in [4.78, 5) is 25.8. The Morgan fingerprint density at radius 2 is 0.430 bits per heavy atom. The fourth-order valence-corrected chi connectivity index (χ4v) is 19.5. The Labute approximate surface area is 736 Å². The lowest BCUT2D eigenvalue weighted by Gasteiger charge is -2.14. The van der Waals surface area contributed by atoms with E-state index in [1.165, 1.54) is 87.3 Å². The van der Waals surface area contributed by atoms with E-state index in [9.17, 15) is 0 Å². The van der Waals surface area contributed by atoms with Crippen LogP contribution >= 0.6 is 0 Å². The summed E-state index contributed by atoms with van der Waals surface area (Å²) in [7, 11) is 0. The van der Waals surface area contributed by atoms with E-state index in [-0.39, 0.29) is 0 Å². The van der Waals surface area contributed by atoms with Gasteiger partial charge < -0.3 is 18.3 Å². The van der Waals surface area contributed by atoms with E-state index in [1.54, 1.807) is 0 Å². The van der Waals surface area contributed by atoms with Crippen molar-refractivity contribution in [3.63, 3.8) is 0 Å². The molecule has 9 heterocycles. The number of benzene rings is 17. The Hall–Kier alpha value is -17.3. The summed E-state index contributed by atoms with van der Waals surface area (Å²) in [5, 5.41) is 14.1. The van der Waals surface area contributed by atoms with Crippen molar-refractivity contribution in [2.24, 2.45) is 0 Å². The van der Waals surface area contributed by atoms with Gasteiger partial charge in [0, 0.05) is 116 Å². The van der Waals surface area contributed by atoms with E-state index in [2.05, 4.69) is 443 Å². The Balaban J connectivity index is 0.000000139. The van der Waals surface area contributed by atoms with Crippen LogP contribution in [0.3, 0.4) is 0 Å². The van der Waals surface area contributed by atoms with Gasteiger partial charge in [0.2, 0.25) is 0 Å². The number of hydrogen-bond donors (Lipinski definition) is 0. The summed E-state index contributed by atoms with van der Waals surface area (Å²) in [5.41, 5.74) is 34.5. The second-order valence-corrected chi connectivity index (χ2v) is 33.0. The molecule has 0 bridgehead atoms. The highest BCUT2D eigenvalue weighted by molar-refractivity contribution is 6.15. The zero-order valence-electron chi connectivity index (χ0n) is 69.3. The van der Waals surface area contributed by atoms with Crippen molar-refractivity contribution in [1.29, 1.82) is 0 Å². The van der Waals surface area contributed by atoms with E-state index >= 15 is 0 Å². The number of rotatable bonds is 12. The highest BCUT2D eigenvalue weighted by Crippen LogP contribution is 2.45. The molecule has 9 aromatic heterocycles. The fraction of sp³-hybridized carbons (Fsp3) is 0. The van der Waals surface area contributed by atoms with Crippen LogP contribution in [0.15, 0.2) is 455 Å². The second kappa shape index (κ2) is 30.4. The smallest absolute Gasteiger partial charge is 0.0893 e. The number of aromatic nitrogens is 9. The van der Waals surface area contributed by atoms with Crippen LogP contribution < -0.4 is 0 Å². The van der Waals surface area contributed by atoms with Crippen molar-refractivity contribution in [3.05, 3.63) is 455 Å². The number of pyridine rings is 5. The van der Waals surface area contributed by atoms with E-state index < -0.39 is 0 Å². The van der Waals surface area contributed by atoms with Crippen LogP contribution in [0, 0.1) is 0 Å². The van der Waals surface area contributed by atoms with E-state index in [1.807, 2.05) is 30.5 Å². The third-order valence-corrected chi connectivity index (χ3v) is 25.6. The van der Waals surface area contributed by atoms with Gasteiger partial charge in [-0.25, -0.2) is 19.9 Å². The molecular weight excluding hydrogens is 1560 g/mol. The maximum Gasteiger partial charge on any atom is 0.0893 e. The number of nitrogens with zero attached hydrogens (tertiary/aromatic N) is 9. The molecule has 26 rings (SSSR count). The van der Waals surface area contributed by atoms with Crippen molar-refractivity contribution in [1.82, 2.24) is 43.2 Å². The van der Waals surface area contributed by atoms with Gasteiger partial charge in [0.05, 0.1) is 94.7 Å². The molecular formula is C119H75N9. The normalized spacial score (nSPS) is 11.8. The first-order chi connectivity index (χ1) is 63.4. The molecule has 0 aliphatic carbocycles. The summed E-state index contributed by atoms with van der Waals surface area (Å²) in [6.45, 7) is 0. The molecule has 0 fully saturated rings. The van der Waals surface area contributed by atoms with E-state index in [0.717, 1.165) is 156 Å². The zero-order valence-corrected chi connectivity index (χ0v) is 69.3. The molecule has 0 aliphatic heterocycles. The van der Waals surface area contributed by atoms with Crippen LogP contribution in [0.25, 0.3) is 243 Å². The number of hydrogen-bond acceptors (Lipinski definition) is 5. The molecule has 0 aliphatic rings. The maximum atomic E-state index is 5.42. The molecule has 26 aromatic rings. The first-order valence-corrected chi connectivity index (χ1v) is 43.5. The average molecular weight is 1630 g/mol. The van der Waals surface area contributed by atoms with Crippen molar-refractivity contribution >= 4 is 131 Å². The molecule has 0 unspecified atom stereocenters. The first kappa shape index (κ1) is 73.4. The Morgan fingerprint density at radius 3 is 0.828 bits per heavy atom. The summed E-state index contributed by atoms with van der Waals surface area (Å²) >= 11 is 0. The van der Waals surface area contributed by atoms with Crippen LogP contribution in [0.2, 0.25) is 0 Å². The minimum atomic E-state index is 0.831. The molecule has 0 atom stereocenters. The Kier molecular flexibility index (Phi) is 17.4. The fourth-order valence-electron chi connectivity index (χ4n) is 19.5. The van der Waals surface area contributed by atoms with Gasteiger partial charge >= 0.3 is 0 Å². The van der Waals surface area contributed by atoms with Crippen LogP contribution in [-0.2, 0) is 0 Å². The topological polar surface area (TPSA) is 84.2 Å². The molecule has 0 saturated carbocycles. The van der Waals surface area contributed by atoms with Gasteiger partial charge in [-0.3, -0.25) is 4.98 Å². The minimum absolute atomic E-state index is 0.831. The van der Waals surface area contributed by atoms with Crippen molar-refractivity contribution in [2.45, 2.75) is 0 Å². The lowest BCUT2D eigenvalue weighted by Crippen LogP contribution is -1.94. The molecule has 128 heavy (non-hydrogen) atoms. The van der Waals surface area contributed by atoms with Crippen LogP contribution in [0.5, 0.6) is 0 Å². The molecule has 9 nitrogen and oxygen atoms in total. The molecule has 0 radical (unpaired) electrons. The molecule has 0 amide bonds. The van der Waals surface area contributed by atoms with Crippen molar-refractivity contribution in [2.75, 3.05) is 0 Å². The van der Waals surface area contributed by atoms with Gasteiger partial charge in [-0.15, -0.1) is 0 Å². The standard InChI is InChI=1S/C60H38N4.C59H37N5/c1-3-14-45(15-4-1)63-57-21-11-8-18-47(57)51-36-43(29-33-59(51)63)42-28-32-55-50(35-42)49(39-23-25-41(26-24-39)54-31-27-40-13-7-10-20-53(40)61-54)38-56(62-55)44-30-34-60-52(37-44)48-19-9-12-22-58(48)64(60)46-16-5-2-6-17-46;1-3-14-43(15-4-1)63-56-21-11-8-18-45(56)49-34-40(26-31-58(49)63)39-24-28-52-48(33-39)47(42-25-29-53(60-37-42)54-30-23-38-13-7-10-20-51(38)61-54)36-55(62-52)41-27-32-59-50(35-41)46-19-9-12-22-57(46)64(59)44-16-5-2-6-17-44/h1-38H;1-37H. The molecule has 596 valence electrons. The molecule has 9 heteroatoms. The van der Waals surface area contributed by atoms with Crippen molar-refractivity contribution < 1.29 is 0 Å². The summed E-state index contributed by atoms with van der Waals surface area (Å²) < 4.78 is 9.44. The van der Waals surface area contributed by atoms with Crippen LogP contribution in [0.4, 0.5) is 0 Å². The van der Waals surface area contributed by atoms with Gasteiger partial charge in [0.25, 0.3) is 0 Å². The highest BCUT2D eigenvalue weighted by Gasteiger charge is 2.23. The minimum Gasteiger partial charge on any atom is -0.309 e. The predicted molar refractivity (Wildman–Crippen MR) is 533 cm³/mol. The molecule has 0 N–H and O–H groups in total. The Morgan fingerprint density at radius 1 is 0.148 bits per heavy atom. The van der Waals surface area contributed by atoms with Crippen molar-refractivity contribution in [3.8, 4) is 112 Å². The highest BCUT2D eigenvalue weighted by atomic mass is 15.0. The summed E-state index contributed by atoms with van der Waals surface area (Å²) in [5.74, 6) is 0. The number of para-hydroxylation sites is 10. The number of fused-ring (bicyclic) bond motifs is 16. The van der Waals surface area contributed by atoms with E-state index in [0.29, 0.717) is 0 Å². The van der Waals surface area contributed by atoms with Gasteiger partial charge in [-0.1, -0.05) is 261 Å². The van der Waals surface area contributed by atoms with Gasteiger partial charge in [-0.2, -0.15) is 0 Å². The zero-order chi connectivity index (χ0) is 84.3.